The van der Waals surface area contributed by atoms with E-state index in [0.29, 0.717) is 0 Å². The number of carboxylic acid groups (broad SMARTS) is 1. The van der Waals surface area contributed by atoms with Crippen molar-refractivity contribution in [2.75, 3.05) is 13.2 Å². The van der Waals surface area contributed by atoms with Gasteiger partial charge in [-0.05, 0) is 28.2 Å². The number of rotatable bonds is 8. The number of halogens is 2. The standard InChI is InChI=1S/C25H26F2N2O5/c1-13(2)21(23(31)32)29-22(30)20-19(25(20,26)27)11-28-24(33)34-12-18-16-9-5-3-7-14(16)15-8-4-6-10-17(15)18/h3-10,13,18-21H,11-12H2,1-2H3,(H,28,33)(H,29,30)(H,31,32)/t19-,20-,21+/m0/s1. The minimum atomic E-state index is -3.33. The Balaban J connectivity index is 1.32. The van der Waals surface area contributed by atoms with Gasteiger partial charge in [-0.2, -0.15) is 0 Å². The van der Waals surface area contributed by atoms with Crippen LogP contribution in [0.5, 0.6) is 0 Å². The zero-order valence-corrected chi connectivity index (χ0v) is 18.8. The molecule has 9 heteroatoms. The van der Waals surface area contributed by atoms with Gasteiger partial charge in [0.05, 0.1) is 5.92 Å². The number of fused-ring (bicyclic) bond motifs is 3. The van der Waals surface area contributed by atoms with E-state index in [2.05, 4.69) is 10.6 Å². The average Bonchev–Trinajstić information content (AvgIpc) is 3.20. The first-order valence-corrected chi connectivity index (χ1v) is 11.1. The van der Waals surface area contributed by atoms with E-state index in [-0.39, 0.29) is 12.5 Å². The van der Waals surface area contributed by atoms with Crippen molar-refractivity contribution >= 4 is 18.0 Å². The van der Waals surface area contributed by atoms with Gasteiger partial charge in [0, 0.05) is 12.5 Å². The molecule has 34 heavy (non-hydrogen) atoms. The van der Waals surface area contributed by atoms with E-state index in [0.717, 1.165) is 22.3 Å². The van der Waals surface area contributed by atoms with E-state index in [1.54, 1.807) is 13.8 Å². The van der Waals surface area contributed by atoms with Crippen molar-refractivity contribution in [2.24, 2.45) is 17.8 Å². The van der Waals surface area contributed by atoms with Crippen LogP contribution in [0.4, 0.5) is 13.6 Å². The highest BCUT2D eigenvalue weighted by molar-refractivity contribution is 5.88. The second kappa shape index (κ2) is 9.04. The van der Waals surface area contributed by atoms with Crippen molar-refractivity contribution in [1.82, 2.24) is 10.6 Å². The van der Waals surface area contributed by atoms with Crippen LogP contribution in [0, 0.1) is 17.8 Å². The summed E-state index contributed by atoms with van der Waals surface area (Å²) in [7, 11) is 0. The first-order chi connectivity index (χ1) is 16.1. The highest BCUT2D eigenvalue weighted by Crippen LogP contribution is 2.55. The largest absolute Gasteiger partial charge is 0.480 e. The van der Waals surface area contributed by atoms with Crippen LogP contribution in [0.3, 0.4) is 0 Å². The van der Waals surface area contributed by atoms with Crippen LogP contribution in [-0.2, 0) is 14.3 Å². The van der Waals surface area contributed by atoms with Crippen LogP contribution in [0.25, 0.3) is 11.1 Å². The fraction of sp³-hybridized carbons (Fsp3) is 0.400. The Kier molecular flexibility index (Phi) is 6.29. The molecule has 2 amide bonds. The molecule has 0 aliphatic heterocycles. The van der Waals surface area contributed by atoms with E-state index < -0.39 is 54.2 Å². The molecule has 0 aromatic heterocycles. The summed E-state index contributed by atoms with van der Waals surface area (Å²) < 4.78 is 33.7. The van der Waals surface area contributed by atoms with Crippen molar-refractivity contribution < 1.29 is 33.0 Å². The van der Waals surface area contributed by atoms with Gasteiger partial charge in [-0.1, -0.05) is 62.4 Å². The summed E-state index contributed by atoms with van der Waals surface area (Å²) >= 11 is 0. The predicted octanol–water partition coefficient (Wildman–Crippen LogP) is 3.63. The number of carboxylic acids is 1. The average molecular weight is 472 g/mol. The first kappa shape index (κ1) is 23.7. The van der Waals surface area contributed by atoms with Gasteiger partial charge in [0.15, 0.2) is 0 Å². The molecule has 0 unspecified atom stereocenters. The molecule has 1 fully saturated rings. The van der Waals surface area contributed by atoms with E-state index >= 15 is 0 Å². The van der Waals surface area contributed by atoms with Gasteiger partial charge in [-0.3, -0.25) is 4.79 Å². The fourth-order valence-electron chi connectivity index (χ4n) is 4.60. The third-order valence-corrected chi connectivity index (χ3v) is 6.53. The number of hydrogen-bond acceptors (Lipinski definition) is 4. The predicted molar refractivity (Wildman–Crippen MR) is 119 cm³/mol. The summed E-state index contributed by atoms with van der Waals surface area (Å²) in [6, 6.07) is 14.4. The zero-order valence-electron chi connectivity index (χ0n) is 18.8. The van der Waals surface area contributed by atoms with Gasteiger partial charge in [0.25, 0.3) is 5.92 Å². The molecule has 180 valence electrons. The molecule has 3 atom stereocenters. The molecule has 2 aliphatic rings. The van der Waals surface area contributed by atoms with E-state index in [1.807, 2.05) is 48.5 Å². The summed E-state index contributed by atoms with van der Waals surface area (Å²) in [5.41, 5.74) is 4.19. The van der Waals surface area contributed by atoms with E-state index in [9.17, 15) is 23.2 Å². The van der Waals surface area contributed by atoms with Crippen LogP contribution in [-0.4, -0.2) is 48.2 Å². The first-order valence-electron chi connectivity index (χ1n) is 11.1. The van der Waals surface area contributed by atoms with Gasteiger partial charge < -0.3 is 20.5 Å². The minimum absolute atomic E-state index is 0.0412. The molecular formula is C25H26F2N2O5. The quantitative estimate of drug-likeness (QED) is 0.544. The highest BCUT2D eigenvalue weighted by Gasteiger charge is 2.71. The second-order valence-electron chi connectivity index (χ2n) is 9.03. The summed E-state index contributed by atoms with van der Waals surface area (Å²) in [6.45, 7) is 2.72. The lowest BCUT2D eigenvalue weighted by Gasteiger charge is -2.17. The number of hydrogen-bond donors (Lipinski definition) is 3. The van der Waals surface area contributed by atoms with Crippen LogP contribution >= 0.6 is 0 Å². The normalized spacial score (nSPS) is 20.7. The third-order valence-electron chi connectivity index (χ3n) is 6.53. The van der Waals surface area contributed by atoms with E-state index in [1.165, 1.54) is 0 Å². The number of carbonyl (C=O) groups is 3. The smallest absolute Gasteiger partial charge is 0.407 e. The number of carbonyl (C=O) groups excluding carboxylic acids is 2. The summed E-state index contributed by atoms with van der Waals surface area (Å²) in [5.74, 6) is -9.40. The maximum absolute atomic E-state index is 14.2. The van der Waals surface area contributed by atoms with Crippen molar-refractivity contribution in [2.45, 2.75) is 31.7 Å². The molecule has 0 radical (unpaired) electrons. The lowest BCUT2D eigenvalue weighted by atomic mass is 9.98. The SMILES string of the molecule is CC(C)[C@@H](NC(=O)[C@@H]1[C@H](CNC(=O)OCC2c3ccccc3-c3ccccc32)C1(F)F)C(=O)O. The monoisotopic (exact) mass is 472 g/mol. The maximum atomic E-state index is 14.2. The summed E-state index contributed by atoms with van der Waals surface area (Å²) in [4.78, 5) is 35.7. The molecule has 7 nitrogen and oxygen atoms in total. The lowest BCUT2D eigenvalue weighted by Crippen LogP contribution is -2.45. The molecule has 0 bridgehead atoms. The topological polar surface area (TPSA) is 105 Å². The van der Waals surface area contributed by atoms with Crippen LogP contribution < -0.4 is 10.6 Å². The molecule has 0 heterocycles. The summed E-state index contributed by atoms with van der Waals surface area (Å²) in [6.07, 6.45) is -0.852. The van der Waals surface area contributed by atoms with Gasteiger partial charge in [-0.15, -0.1) is 0 Å². The number of nitrogens with one attached hydrogen (secondary N) is 2. The fourth-order valence-corrected chi connectivity index (χ4v) is 4.60. The molecule has 1 saturated carbocycles. The van der Waals surface area contributed by atoms with Crippen molar-refractivity contribution in [3.8, 4) is 11.1 Å². The minimum Gasteiger partial charge on any atom is -0.480 e. The molecule has 3 N–H and O–H groups in total. The summed E-state index contributed by atoms with van der Waals surface area (Å²) in [5, 5.41) is 13.7. The zero-order chi connectivity index (χ0) is 24.6. The molecule has 0 spiro atoms. The van der Waals surface area contributed by atoms with Crippen LogP contribution in [0.15, 0.2) is 48.5 Å². The third kappa shape index (κ3) is 4.34. The molecule has 0 saturated heterocycles. The lowest BCUT2D eigenvalue weighted by molar-refractivity contribution is -0.143. The number of alkyl halides is 2. The van der Waals surface area contributed by atoms with Crippen LogP contribution in [0.2, 0.25) is 0 Å². The molecule has 4 rings (SSSR count). The number of benzene rings is 2. The van der Waals surface area contributed by atoms with Crippen molar-refractivity contribution in [1.29, 1.82) is 0 Å². The Morgan fingerprint density at radius 3 is 2.12 bits per heavy atom. The number of alkyl carbamates (subject to hydrolysis) is 1. The van der Waals surface area contributed by atoms with Gasteiger partial charge in [0.1, 0.15) is 18.6 Å². The molecule has 2 aromatic carbocycles. The Hall–Kier alpha value is -3.49. The Morgan fingerprint density at radius 1 is 1.03 bits per heavy atom. The Bertz CT molecular complexity index is 1070. The Morgan fingerprint density at radius 2 is 1.59 bits per heavy atom. The van der Waals surface area contributed by atoms with Gasteiger partial charge in [-0.25, -0.2) is 18.4 Å². The maximum Gasteiger partial charge on any atom is 0.407 e. The molecule has 2 aliphatic carbocycles. The molecular weight excluding hydrogens is 446 g/mol. The van der Waals surface area contributed by atoms with Crippen LogP contribution in [0.1, 0.15) is 30.9 Å². The highest BCUT2D eigenvalue weighted by atomic mass is 19.3. The van der Waals surface area contributed by atoms with Gasteiger partial charge in [0.2, 0.25) is 5.91 Å². The number of amides is 2. The number of ether oxygens (including phenoxy) is 1. The Labute approximate surface area is 195 Å². The van der Waals surface area contributed by atoms with E-state index in [4.69, 9.17) is 9.84 Å². The molecule has 2 aromatic rings. The van der Waals surface area contributed by atoms with Gasteiger partial charge >= 0.3 is 12.1 Å². The van der Waals surface area contributed by atoms with Crippen molar-refractivity contribution in [3.05, 3.63) is 59.7 Å². The second-order valence-corrected chi connectivity index (χ2v) is 9.03. The number of aliphatic carboxylic acids is 1. The van der Waals surface area contributed by atoms with Crippen molar-refractivity contribution in [3.63, 3.8) is 0 Å².